The first-order valence-electron chi connectivity index (χ1n) is 12.1. The average molecular weight is 562 g/mol. The van der Waals surface area contributed by atoms with Crippen LogP contribution in [0, 0.1) is 5.92 Å². The summed E-state index contributed by atoms with van der Waals surface area (Å²) in [6.45, 7) is 5.12. The van der Waals surface area contributed by atoms with Gasteiger partial charge < -0.3 is 29.2 Å². The van der Waals surface area contributed by atoms with E-state index in [4.69, 9.17) is 37.4 Å². The van der Waals surface area contributed by atoms with Crippen molar-refractivity contribution in [1.29, 1.82) is 0 Å². The monoisotopic (exact) mass is 561 g/mol. The zero-order valence-electron chi connectivity index (χ0n) is 21.1. The largest absolute Gasteiger partial charge is 0.453 e. The highest BCUT2D eigenvalue weighted by Crippen LogP contribution is 2.42. The minimum Gasteiger partial charge on any atom is -0.453 e. The molecule has 5 unspecified atom stereocenters. The van der Waals surface area contributed by atoms with E-state index in [1.165, 1.54) is 13.8 Å². The Morgan fingerprint density at radius 2 is 1.89 bits per heavy atom. The van der Waals surface area contributed by atoms with Gasteiger partial charge in [0.1, 0.15) is 5.15 Å². The summed E-state index contributed by atoms with van der Waals surface area (Å²) in [5, 5.41) is 12.7. The number of esters is 1. The van der Waals surface area contributed by atoms with Crippen LogP contribution in [0.25, 0.3) is 0 Å². The number of hydrogen-bond acceptors (Lipinski definition) is 7. The summed E-state index contributed by atoms with van der Waals surface area (Å²) in [5.41, 5.74) is 2.92. The van der Waals surface area contributed by atoms with Crippen LogP contribution < -0.4 is 5.32 Å². The Balaban J connectivity index is 1.60. The molecule has 0 saturated carbocycles. The Morgan fingerprint density at radius 3 is 2.53 bits per heavy atom. The number of ether oxygens (including phenoxy) is 3. The fourth-order valence-electron chi connectivity index (χ4n) is 4.30. The first-order chi connectivity index (χ1) is 18.2. The smallest absolute Gasteiger partial charge is 0.303 e. The number of carbonyl (C=O) groups is 2. The Hall–Kier alpha value is -2.95. The van der Waals surface area contributed by atoms with Gasteiger partial charge in [-0.2, -0.15) is 0 Å². The minimum absolute atomic E-state index is 0.0514. The lowest BCUT2D eigenvalue weighted by atomic mass is 9.90. The van der Waals surface area contributed by atoms with Crippen molar-refractivity contribution < 1.29 is 28.9 Å². The van der Waals surface area contributed by atoms with Crippen LogP contribution in [0.4, 0.5) is 5.69 Å². The SMILES string of the molecule is CC(=O)OC(C)C(=O)Nc1cccc(C2OC(Cn3cnc(Cl)c3Cl)C(C)C(c3ccc(CO)cc3)O2)c1. The van der Waals surface area contributed by atoms with Crippen molar-refractivity contribution in [2.45, 2.75) is 58.5 Å². The van der Waals surface area contributed by atoms with Crippen LogP contribution in [0.1, 0.15) is 49.9 Å². The van der Waals surface area contributed by atoms with Gasteiger partial charge in [-0.15, -0.1) is 0 Å². The molecule has 1 fully saturated rings. The van der Waals surface area contributed by atoms with Crippen molar-refractivity contribution in [3.63, 3.8) is 0 Å². The zero-order valence-corrected chi connectivity index (χ0v) is 22.6. The molecule has 38 heavy (non-hydrogen) atoms. The molecule has 0 spiro atoms. The second-order valence-electron chi connectivity index (χ2n) is 9.17. The Labute approximate surface area is 230 Å². The van der Waals surface area contributed by atoms with Gasteiger partial charge in [-0.3, -0.25) is 9.59 Å². The summed E-state index contributed by atoms with van der Waals surface area (Å²) in [7, 11) is 0. The van der Waals surface area contributed by atoms with E-state index in [2.05, 4.69) is 10.3 Å². The van der Waals surface area contributed by atoms with Crippen LogP contribution in [0.5, 0.6) is 0 Å². The van der Waals surface area contributed by atoms with Gasteiger partial charge in [-0.05, 0) is 30.2 Å². The van der Waals surface area contributed by atoms with Gasteiger partial charge in [0.05, 0.1) is 31.7 Å². The zero-order chi connectivity index (χ0) is 27.4. The van der Waals surface area contributed by atoms with Crippen LogP contribution in [0.2, 0.25) is 10.3 Å². The lowest BCUT2D eigenvalue weighted by Crippen LogP contribution is -2.39. The second-order valence-corrected chi connectivity index (χ2v) is 9.88. The Kier molecular flexibility index (Phi) is 9.07. The van der Waals surface area contributed by atoms with Crippen molar-refractivity contribution in [2.75, 3.05) is 5.32 Å². The van der Waals surface area contributed by atoms with Crippen molar-refractivity contribution in [3.05, 3.63) is 81.9 Å². The standard InChI is InChI=1S/C27H29Cl2N3O6/c1-15-22(12-32-14-30-24(28)25(32)29)37-27(38-23(15)19-9-7-18(13-33)8-10-19)20-5-4-6-21(11-20)31-26(35)16(2)36-17(3)34/h4-11,14-16,22-23,27,33H,12-13H2,1-3H3,(H,31,35). The van der Waals surface area contributed by atoms with E-state index in [0.29, 0.717) is 22.9 Å². The lowest BCUT2D eigenvalue weighted by Gasteiger charge is -2.41. The predicted molar refractivity (Wildman–Crippen MR) is 142 cm³/mol. The van der Waals surface area contributed by atoms with Gasteiger partial charge >= 0.3 is 5.97 Å². The third kappa shape index (κ3) is 6.54. The van der Waals surface area contributed by atoms with Crippen LogP contribution in [-0.2, 0) is 37.0 Å². The maximum absolute atomic E-state index is 12.5. The van der Waals surface area contributed by atoms with Gasteiger partial charge in [0.25, 0.3) is 5.91 Å². The Morgan fingerprint density at radius 1 is 1.16 bits per heavy atom. The molecule has 3 aromatic rings. The minimum atomic E-state index is -0.943. The summed E-state index contributed by atoms with van der Waals surface area (Å²) in [6, 6.07) is 14.7. The highest BCUT2D eigenvalue weighted by Gasteiger charge is 2.39. The summed E-state index contributed by atoms with van der Waals surface area (Å²) in [4.78, 5) is 27.7. The van der Waals surface area contributed by atoms with E-state index >= 15 is 0 Å². The van der Waals surface area contributed by atoms with E-state index in [1.807, 2.05) is 37.3 Å². The summed E-state index contributed by atoms with van der Waals surface area (Å²) >= 11 is 12.4. The number of hydrogen-bond donors (Lipinski definition) is 2. The number of imidazole rings is 1. The van der Waals surface area contributed by atoms with Crippen molar-refractivity contribution in [2.24, 2.45) is 5.92 Å². The van der Waals surface area contributed by atoms with Gasteiger partial charge in [-0.25, -0.2) is 4.98 Å². The molecule has 1 aromatic heterocycles. The molecule has 1 amide bonds. The first-order valence-corrected chi connectivity index (χ1v) is 12.9. The van der Waals surface area contributed by atoms with Crippen LogP contribution >= 0.6 is 23.2 Å². The Bertz CT molecular complexity index is 1280. The van der Waals surface area contributed by atoms with E-state index < -0.39 is 24.3 Å². The molecule has 9 nitrogen and oxygen atoms in total. The maximum atomic E-state index is 12.5. The number of rotatable bonds is 8. The number of benzene rings is 2. The molecule has 202 valence electrons. The molecular weight excluding hydrogens is 533 g/mol. The highest BCUT2D eigenvalue weighted by atomic mass is 35.5. The number of aliphatic hydroxyl groups excluding tert-OH is 1. The normalized spacial score (nSPS) is 22.1. The molecule has 1 aliphatic rings. The molecule has 5 atom stereocenters. The number of nitrogens with one attached hydrogen (secondary N) is 1. The first kappa shape index (κ1) is 28.1. The fourth-order valence-corrected chi connectivity index (χ4v) is 4.62. The van der Waals surface area contributed by atoms with E-state index in [0.717, 1.165) is 11.1 Å². The number of amides is 1. The molecule has 2 N–H and O–H groups in total. The maximum Gasteiger partial charge on any atom is 0.303 e. The molecule has 2 aromatic carbocycles. The van der Waals surface area contributed by atoms with E-state index in [-0.39, 0.29) is 29.9 Å². The molecule has 2 heterocycles. The highest BCUT2D eigenvalue weighted by molar-refractivity contribution is 6.40. The number of anilines is 1. The molecule has 1 aliphatic heterocycles. The number of halogens is 2. The lowest BCUT2D eigenvalue weighted by molar-refractivity contribution is -0.276. The molecular formula is C27H29Cl2N3O6. The molecule has 0 aliphatic carbocycles. The van der Waals surface area contributed by atoms with Crippen molar-refractivity contribution in [1.82, 2.24) is 9.55 Å². The number of nitrogens with zero attached hydrogens (tertiary/aromatic N) is 2. The van der Waals surface area contributed by atoms with Crippen molar-refractivity contribution >= 4 is 40.8 Å². The summed E-state index contributed by atoms with van der Waals surface area (Å²) in [6.07, 6.45) is -0.815. The molecule has 4 rings (SSSR count). The van der Waals surface area contributed by atoms with Crippen LogP contribution in [0.3, 0.4) is 0 Å². The number of aliphatic hydroxyl groups is 1. The number of carbonyl (C=O) groups excluding carboxylic acids is 2. The van der Waals surface area contributed by atoms with Gasteiger partial charge in [-0.1, -0.05) is 66.5 Å². The number of aromatic nitrogens is 2. The topological polar surface area (TPSA) is 112 Å². The quantitative estimate of drug-likeness (QED) is 0.369. The molecule has 0 radical (unpaired) electrons. The fraction of sp³-hybridized carbons (Fsp3) is 0.370. The molecule has 11 heteroatoms. The summed E-state index contributed by atoms with van der Waals surface area (Å²) in [5.74, 6) is -1.08. The van der Waals surface area contributed by atoms with Gasteiger partial charge in [0.2, 0.25) is 0 Å². The molecule has 1 saturated heterocycles. The van der Waals surface area contributed by atoms with Crippen LogP contribution in [-0.4, -0.2) is 38.7 Å². The second kappa shape index (κ2) is 12.3. The average Bonchev–Trinajstić information content (AvgIpc) is 3.21. The summed E-state index contributed by atoms with van der Waals surface area (Å²) < 4.78 is 19.6. The van der Waals surface area contributed by atoms with E-state index in [9.17, 15) is 14.7 Å². The van der Waals surface area contributed by atoms with Crippen molar-refractivity contribution in [3.8, 4) is 0 Å². The van der Waals surface area contributed by atoms with Gasteiger partial charge in [0.15, 0.2) is 17.5 Å². The third-order valence-corrected chi connectivity index (χ3v) is 7.14. The molecule has 0 bridgehead atoms. The predicted octanol–water partition coefficient (Wildman–Crippen LogP) is 5.06. The van der Waals surface area contributed by atoms with E-state index in [1.54, 1.807) is 29.1 Å². The van der Waals surface area contributed by atoms with Gasteiger partial charge in [0, 0.05) is 24.1 Å². The van der Waals surface area contributed by atoms with Crippen LogP contribution in [0.15, 0.2) is 54.9 Å². The third-order valence-electron chi connectivity index (χ3n) is 6.37.